The maximum Gasteiger partial charge on any atom is 0.338 e. The van der Waals surface area contributed by atoms with Crippen LogP contribution in [0.3, 0.4) is 0 Å². The van der Waals surface area contributed by atoms with E-state index in [0.717, 1.165) is 49.7 Å². The lowest BCUT2D eigenvalue weighted by atomic mass is 9.60. The lowest BCUT2D eigenvalue weighted by Crippen LogP contribution is -2.62. The molecular formula is C38H50O12. The van der Waals surface area contributed by atoms with Crippen LogP contribution in [-0.4, -0.2) is 58.5 Å². The highest BCUT2D eigenvalue weighted by Crippen LogP contribution is 2.65. The van der Waals surface area contributed by atoms with E-state index in [2.05, 4.69) is 13.8 Å². The number of rotatable bonds is 6. The van der Waals surface area contributed by atoms with Crippen molar-refractivity contribution in [3.05, 3.63) is 35.4 Å². The van der Waals surface area contributed by atoms with Gasteiger partial charge in [0.15, 0.2) is 35.0 Å². The Balaban J connectivity index is 0.900. The number of benzene rings is 1. The smallest absolute Gasteiger partial charge is 0.338 e. The largest absolute Gasteiger partial charge is 0.459 e. The van der Waals surface area contributed by atoms with Crippen molar-refractivity contribution in [3.63, 3.8) is 0 Å². The second-order valence-corrected chi connectivity index (χ2v) is 17.1. The number of fused-ring (bicyclic) bond motifs is 4. The maximum absolute atomic E-state index is 14.0. The molecule has 50 heavy (non-hydrogen) atoms. The van der Waals surface area contributed by atoms with Crippen LogP contribution in [0.1, 0.15) is 104 Å². The average molecular weight is 699 g/mol. The summed E-state index contributed by atoms with van der Waals surface area (Å²) in [6, 6.07) is 7.48. The molecule has 4 bridgehead atoms. The minimum absolute atomic E-state index is 0.0234. The van der Waals surface area contributed by atoms with Crippen LogP contribution < -0.4 is 0 Å². The van der Waals surface area contributed by atoms with Crippen molar-refractivity contribution in [3.8, 4) is 0 Å². The molecule has 12 nitrogen and oxygen atoms in total. The second kappa shape index (κ2) is 11.2. The number of hydrogen-bond acceptors (Lipinski definition) is 12. The van der Waals surface area contributed by atoms with Gasteiger partial charge in [-0.3, -0.25) is 0 Å². The first-order valence-corrected chi connectivity index (χ1v) is 18.6. The predicted octanol–water partition coefficient (Wildman–Crippen LogP) is 5.78. The summed E-state index contributed by atoms with van der Waals surface area (Å²) in [5.41, 5.74) is -2.89. The molecule has 14 atom stereocenters. The summed E-state index contributed by atoms with van der Waals surface area (Å²) in [6.45, 7) is 11.7. The molecule has 0 aromatic heterocycles. The van der Waals surface area contributed by atoms with Gasteiger partial charge in [0, 0.05) is 24.7 Å². The summed E-state index contributed by atoms with van der Waals surface area (Å²) in [4.78, 5) is 52.2. The molecule has 1 aromatic rings. The van der Waals surface area contributed by atoms with E-state index >= 15 is 0 Å². The van der Waals surface area contributed by atoms with Gasteiger partial charge in [0.2, 0.25) is 11.6 Å². The van der Waals surface area contributed by atoms with E-state index in [9.17, 15) is 9.59 Å². The molecule has 8 heterocycles. The van der Waals surface area contributed by atoms with Gasteiger partial charge in [-0.1, -0.05) is 38.1 Å². The van der Waals surface area contributed by atoms with Crippen molar-refractivity contribution < 1.29 is 57.6 Å². The van der Waals surface area contributed by atoms with Crippen molar-refractivity contribution in [2.24, 2.45) is 35.5 Å². The van der Waals surface area contributed by atoms with E-state index in [-0.39, 0.29) is 36.9 Å². The molecule has 1 aromatic carbocycles. The summed E-state index contributed by atoms with van der Waals surface area (Å²) < 4.78 is 37.8. The van der Waals surface area contributed by atoms with E-state index in [0.29, 0.717) is 24.7 Å². The fraction of sp³-hybridized carbons (Fsp3) is 0.789. The zero-order chi connectivity index (χ0) is 34.9. The van der Waals surface area contributed by atoms with Crippen LogP contribution >= 0.6 is 0 Å². The fourth-order valence-electron chi connectivity index (χ4n) is 11.2. The fourth-order valence-corrected chi connectivity index (χ4v) is 11.2. The Morgan fingerprint density at radius 1 is 0.620 bits per heavy atom. The van der Waals surface area contributed by atoms with Gasteiger partial charge in [0.25, 0.3) is 0 Å². The Kier molecular flexibility index (Phi) is 7.52. The first-order chi connectivity index (χ1) is 23.8. The minimum Gasteiger partial charge on any atom is -0.459 e. The van der Waals surface area contributed by atoms with Gasteiger partial charge in [-0.15, -0.1) is 0 Å². The van der Waals surface area contributed by atoms with Crippen LogP contribution in [0.5, 0.6) is 0 Å². The molecule has 0 N–H and O–H groups in total. The van der Waals surface area contributed by atoms with Crippen molar-refractivity contribution in [2.45, 2.75) is 153 Å². The van der Waals surface area contributed by atoms with Gasteiger partial charge in [-0.25, -0.2) is 29.1 Å². The summed E-state index contributed by atoms with van der Waals surface area (Å²) in [6.07, 6.45) is 4.99. The van der Waals surface area contributed by atoms with Crippen LogP contribution in [0.2, 0.25) is 0 Å². The topological polar surface area (TPSA) is 126 Å². The molecule has 8 aliphatic heterocycles. The number of carbonyl (C=O) groups excluding carboxylic acids is 2. The summed E-state index contributed by atoms with van der Waals surface area (Å²) in [7, 11) is 0. The zero-order valence-electron chi connectivity index (χ0n) is 29.9. The van der Waals surface area contributed by atoms with Gasteiger partial charge in [0.05, 0.1) is 0 Å². The molecule has 0 unspecified atom stereocenters. The number of carbonyl (C=O) groups is 2. The predicted molar refractivity (Wildman–Crippen MR) is 171 cm³/mol. The van der Waals surface area contributed by atoms with Crippen LogP contribution in [0.15, 0.2) is 24.3 Å². The van der Waals surface area contributed by atoms with Gasteiger partial charge >= 0.3 is 11.9 Å². The van der Waals surface area contributed by atoms with E-state index in [1.807, 2.05) is 38.1 Å². The quantitative estimate of drug-likeness (QED) is 0.264. The Bertz CT molecular complexity index is 1460. The number of esters is 2. The van der Waals surface area contributed by atoms with Crippen LogP contribution in [0.25, 0.3) is 0 Å². The highest BCUT2D eigenvalue weighted by atomic mass is 17.3. The van der Waals surface area contributed by atoms with Crippen molar-refractivity contribution >= 4 is 11.9 Å². The van der Waals surface area contributed by atoms with Crippen LogP contribution in [-0.2, 0) is 70.8 Å². The summed E-state index contributed by atoms with van der Waals surface area (Å²) >= 11 is 0. The summed E-state index contributed by atoms with van der Waals surface area (Å²) in [5, 5.41) is 0. The molecular weight excluding hydrogens is 648 g/mol. The molecule has 0 radical (unpaired) electrons. The van der Waals surface area contributed by atoms with Gasteiger partial charge in [-0.05, 0) is 101 Å². The number of hydrogen-bond donors (Lipinski definition) is 0. The average Bonchev–Trinajstić information content (AvgIpc) is 3.21. The van der Waals surface area contributed by atoms with Crippen molar-refractivity contribution in [1.82, 2.24) is 0 Å². The number of ether oxygens (including phenoxy) is 6. The van der Waals surface area contributed by atoms with Crippen molar-refractivity contribution in [2.75, 3.05) is 0 Å². The monoisotopic (exact) mass is 698 g/mol. The molecule has 2 saturated carbocycles. The third-order valence-electron chi connectivity index (χ3n) is 14.1. The standard InChI is InChI=1S/C38H50O12/c1-21-11-13-27-35(5,45-31-37(27)25(21)15-17-33(3,43-31)47-49-37)29(39)41-19-23-9-7-8-10-24(23)20-42-30(40)36(6)28-14-12-22(2)26-16-18-34(4)44-32(46-36)38(26,28)50-48-34/h7-10,21-22,25-28,31-32H,11-20H2,1-6H3/t21-,22-,25+,26+,27+,28+,31+,32+,33-,34-,35+,36+,37-,38-/m1/s1. The third-order valence-corrected chi connectivity index (χ3v) is 14.1. The van der Waals surface area contributed by atoms with Gasteiger partial charge in [0.1, 0.15) is 13.2 Å². The minimum atomic E-state index is -1.29. The molecule has 12 heteroatoms. The lowest BCUT2D eigenvalue weighted by Gasteiger charge is -2.50. The molecule has 0 amide bonds. The van der Waals surface area contributed by atoms with Crippen LogP contribution in [0.4, 0.5) is 0 Å². The first-order valence-electron chi connectivity index (χ1n) is 18.6. The van der Waals surface area contributed by atoms with Crippen LogP contribution in [0, 0.1) is 35.5 Å². The Morgan fingerprint density at radius 2 is 1.04 bits per heavy atom. The SMILES string of the molecule is C[C@@H]1CC[C@@H]2[C@]34OO[C@](C)(CC[C@@H]13)O[C@H]4O[C@]2(C)C(=O)OCc1ccccc1COC(=O)[C@@]1(C)O[C@@H]2O[C@@]3(C)CC[C@H]4[C@H](C)CC[C@@H]1[C@@]24OO3. The molecule has 2 spiro atoms. The molecule has 10 aliphatic rings. The molecule has 274 valence electrons. The molecule has 10 fully saturated rings. The molecule has 8 saturated heterocycles. The van der Waals surface area contributed by atoms with E-state index in [1.54, 1.807) is 13.8 Å². The molecule has 11 rings (SSSR count). The highest BCUT2D eigenvalue weighted by molar-refractivity contribution is 5.81. The Morgan fingerprint density at radius 3 is 1.46 bits per heavy atom. The Labute approximate surface area is 292 Å². The van der Waals surface area contributed by atoms with E-state index in [1.165, 1.54) is 0 Å². The van der Waals surface area contributed by atoms with Gasteiger partial charge < -0.3 is 28.4 Å². The van der Waals surface area contributed by atoms with E-state index in [4.69, 9.17) is 48.0 Å². The lowest BCUT2D eigenvalue weighted by molar-refractivity contribution is -0.541. The van der Waals surface area contributed by atoms with Crippen molar-refractivity contribution in [1.29, 1.82) is 0 Å². The normalized spacial score (nSPS) is 51.3. The summed E-state index contributed by atoms with van der Waals surface area (Å²) in [5.74, 6) is -2.42. The van der Waals surface area contributed by atoms with Gasteiger partial charge in [-0.2, -0.15) is 0 Å². The molecule has 2 aliphatic carbocycles. The zero-order valence-corrected chi connectivity index (χ0v) is 29.9. The Hall–Kier alpha value is -2.16. The third kappa shape index (κ3) is 4.52. The highest BCUT2D eigenvalue weighted by Gasteiger charge is 2.77. The van der Waals surface area contributed by atoms with E-state index < -0.39 is 58.5 Å². The maximum atomic E-state index is 14.0. The second-order valence-electron chi connectivity index (χ2n) is 17.1. The first kappa shape index (κ1) is 33.7.